The number of hydrogen-bond donors (Lipinski definition) is 2. The molecule has 98 valence electrons. The largest absolute Gasteiger partial charge is 0.356 e. The normalized spacial score (nSPS) is 12.9. The lowest BCUT2D eigenvalue weighted by molar-refractivity contribution is 0.392. The van der Waals surface area contributed by atoms with E-state index >= 15 is 0 Å². The summed E-state index contributed by atoms with van der Waals surface area (Å²) in [5.74, 6) is 0. The zero-order valence-corrected chi connectivity index (χ0v) is 11.4. The van der Waals surface area contributed by atoms with Gasteiger partial charge in [0.1, 0.15) is 0 Å². The molecule has 0 unspecified atom stereocenters. The summed E-state index contributed by atoms with van der Waals surface area (Å²) in [5.41, 5.74) is 5.58. The lowest BCUT2D eigenvalue weighted by Crippen LogP contribution is -2.49. The Morgan fingerprint density at radius 1 is 1.41 bits per heavy atom. The van der Waals surface area contributed by atoms with Crippen LogP contribution in [0, 0.1) is 0 Å². The van der Waals surface area contributed by atoms with Crippen molar-refractivity contribution in [1.82, 2.24) is 9.29 Å². The molecule has 0 saturated carbocycles. The number of hydrogen-bond acceptors (Lipinski definition) is 3. The Labute approximate surface area is 103 Å². The zero-order chi connectivity index (χ0) is 13.1. The number of aryl methyl sites for hydroxylation is 1. The van der Waals surface area contributed by atoms with Gasteiger partial charge in [-0.1, -0.05) is 13.8 Å². The van der Waals surface area contributed by atoms with Gasteiger partial charge in [0.15, 0.2) is 0 Å². The molecule has 0 spiro atoms. The Morgan fingerprint density at radius 2 is 2.00 bits per heavy atom. The summed E-state index contributed by atoms with van der Waals surface area (Å²) in [7, 11) is -1.66. The molecule has 0 aliphatic heterocycles. The van der Waals surface area contributed by atoms with Crippen LogP contribution in [0.1, 0.15) is 26.7 Å². The van der Waals surface area contributed by atoms with E-state index in [-0.39, 0.29) is 11.4 Å². The third kappa shape index (κ3) is 3.55. The standard InChI is InChI=1S/C11H21N3O2S/c1-4-11(12,5-2)9-13-17(15,16)10-6-7-14(3)8-10/h6-8,13H,4-5,9,12H2,1-3H3. The SMILES string of the molecule is CCC(N)(CC)CNS(=O)(=O)c1ccn(C)c1. The fourth-order valence-corrected chi connectivity index (χ4v) is 2.65. The maximum atomic E-state index is 11.9. The molecule has 0 radical (unpaired) electrons. The van der Waals surface area contributed by atoms with Crippen LogP contribution in [0.5, 0.6) is 0 Å². The van der Waals surface area contributed by atoms with Gasteiger partial charge in [-0.3, -0.25) is 0 Å². The molecular formula is C11H21N3O2S. The van der Waals surface area contributed by atoms with Crippen molar-refractivity contribution in [1.29, 1.82) is 0 Å². The summed E-state index contributed by atoms with van der Waals surface area (Å²) in [4.78, 5) is 0.273. The third-order valence-electron chi connectivity index (χ3n) is 3.14. The molecule has 0 atom stereocenters. The van der Waals surface area contributed by atoms with Crippen LogP contribution < -0.4 is 10.5 Å². The third-order valence-corrected chi connectivity index (χ3v) is 4.52. The summed E-state index contributed by atoms with van der Waals surface area (Å²) in [5, 5.41) is 0. The van der Waals surface area contributed by atoms with Crippen molar-refractivity contribution in [3.8, 4) is 0 Å². The summed E-state index contributed by atoms with van der Waals surface area (Å²) in [6, 6.07) is 1.57. The first-order valence-corrected chi connectivity index (χ1v) is 7.22. The highest BCUT2D eigenvalue weighted by Crippen LogP contribution is 2.13. The maximum Gasteiger partial charge on any atom is 0.242 e. The lowest BCUT2D eigenvalue weighted by atomic mass is 9.95. The molecule has 0 amide bonds. The van der Waals surface area contributed by atoms with Crippen molar-refractivity contribution in [2.45, 2.75) is 37.1 Å². The average molecular weight is 259 g/mol. The second kappa shape index (κ2) is 5.20. The molecule has 0 bridgehead atoms. The summed E-state index contributed by atoms with van der Waals surface area (Å²) >= 11 is 0. The van der Waals surface area contributed by atoms with Crippen LogP contribution >= 0.6 is 0 Å². The first-order chi connectivity index (χ1) is 7.83. The van der Waals surface area contributed by atoms with Gasteiger partial charge in [-0.2, -0.15) is 0 Å². The molecular weight excluding hydrogens is 238 g/mol. The van der Waals surface area contributed by atoms with Crippen molar-refractivity contribution >= 4 is 10.0 Å². The van der Waals surface area contributed by atoms with E-state index < -0.39 is 15.6 Å². The van der Waals surface area contributed by atoms with Crippen LogP contribution in [0.2, 0.25) is 0 Å². The number of nitrogens with two attached hydrogens (primary N) is 1. The minimum absolute atomic E-state index is 0.261. The van der Waals surface area contributed by atoms with Crippen LogP contribution in [0.15, 0.2) is 23.4 Å². The molecule has 1 heterocycles. The van der Waals surface area contributed by atoms with E-state index in [1.165, 1.54) is 0 Å². The van der Waals surface area contributed by atoms with Crippen LogP contribution in [-0.4, -0.2) is 25.1 Å². The van der Waals surface area contributed by atoms with Gasteiger partial charge in [-0.25, -0.2) is 13.1 Å². The van der Waals surface area contributed by atoms with E-state index in [0.717, 1.165) is 12.8 Å². The first-order valence-electron chi connectivity index (χ1n) is 5.73. The van der Waals surface area contributed by atoms with E-state index in [2.05, 4.69) is 4.72 Å². The highest BCUT2D eigenvalue weighted by molar-refractivity contribution is 7.89. The Hall–Kier alpha value is -0.850. The number of nitrogens with zero attached hydrogens (tertiary/aromatic N) is 1. The first kappa shape index (κ1) is 14.2. The predicted octanol–water partition coefficient (Wildman–Crippen LogP) is 0.821. The Morgan fingerprint density at radius 3 is 2.41 bits per heavy atom. The molecule has 6 heteroatoms. The van der Waals surface area contributed by atoms with Crippen LogP contribution in [0.4, 0.5) is 0 Å². The minimum Gasteiger partial charge on any atom is -0.356 e. The van der Waals surface area contributed by atoms with E-state index in [4.69, 9.17) is 5.73 Å². The van der Waals surface area contributed by atoms with Gasteiger partial charge in [0, 0.05) is 31.5 Å². The van der Waals surface area contributed by atoms with Gasteiger partial charge in [0.25, 0.3) is 0 Å². The van der Waals surface area contributed by atoms with Gasteiger partial charge >= 0.3 is 0 Å². The maximum absolute atomic E-state index is 11.9. The summed E-state index contributed by atoms with van der Waals surface area (Å²) in [6.45, 7) is 4.18. The number of rotatable bonds is 6. The van der Waals surface area contributed by atoms with Gasteiger partial charge in [0.05, 0.1) is 4.90 Å². The minimum atomic E-state index is -3.44. The van der Waals surface area contributed by atoms with E-state index in [9.17, 15) is 8.42 Å². The van der Waals surface area contributed by atoms with Crippen molar-refractivity contribution < 1.29 is 8.42 Å². The predicted molar refractivity (Wildman–Crippen MR) is 68.1 cm³/mol. The number of aromatic nitrogens is 1. The van der Waals surface area contributed by atoms with Crippen LogP contribution in [0.3, 0.4) is 0 Å². The van der Waals surface area contributed by atoms with Crippen LogP contribution in [0.25, 0.3) is 0 Å². The molecule has 5 nitrogen and oxygen atoms in total. The number of sulfonamides is 1. The second-order valence-corrected chi connectivity index (χ2v) is 6.17. The summed E-state index contributed by atoms with van der Waals surface area (Å²) < 4.78 is 28.2. The topological polar surface area (TPSA) is 77.1 Å². The second-order valence-electron chi connectivity index (χ2n) is 4.41. The molecule has 0 aliphatic carbocycles. The molecule has 0 fully saturated rings. The fourth-order valence-electron chi connectivity index (χ4n) is 1.46. The van der Waals surface area contributed by atoms with Crippen molar-refractivity contribution in [3.63, 3.8) is 0 Å². The lowest BCUT2D eigenvalue weighted by Gasteiger charge is -2.26. The van der Waals surface area contributed by atoms with E-state index in [1.54, 1.807) is 30.1 Å². The van der Waals surface area contributed by atoms with Crippen molar-refractivity contribution in [3.05, 3.63) is 18.5 Å². The van der Waals surface area contributed by atoms with Crippen molar-refractivity contribution in [2.24, 2.45) is 12.8 Å². The molecule has 1 aromatic heterocycles. The Bertz CT molecular complexity index is 461. The van der Waals surface area contributed by atoms with Crippen LogP contribution in [-0.2, 0) is 17.1 Å². The molecule has 3 N–H and O–H groups in total. The van der Waals surface area contributed by atoms with E-state index in [1.807, 2.05) is 13.8 Å². The Balaban J connectivity index is 2.75. The fraction of sp³-hybridized carbons (Fsp3) is 0.636. The smallest absolute Gasteiger partial charge is 0.242 e. The zero-order valence-electron chi connectivity index (χ0n) is 10.6. The van der Waals surface area contributed by atoms with Gasteiger partial charge < -0.3 is 10.3 Å². The molecule has 17 heavy (non-hydrogen) atoms. The highest BCUT2D eigenvalue weighted by Gasteiger charge is 2.24. The van der Waals surface area contributed by atoms with Gasteiger partial charge in [0.2, 0.25) is 10.0 Å². The quantitative estimate of drug-likeness (QED) is 0.794. The van der Waals surface area contributed by atoms with Gasteiger partial charge in [-0.05, 0) is 18.9 Å². The Kier molecular flexibility index (Phi) is 4.35. The average Bonchev–Trinajstić information content (AvgIpc) is 2.74. The highest BCUT2D eigenvalue weighted by atomic mass is 32.2. The molecule has 0 saturated heterocycles. The summed E-state index contributed by atoms with van der Waals surface area (Å²) in [6.07, 6.45) is 4.74. The van der Waals surface area contributed by atoms with Crippen molar-refractivity contribution in [2.75, 3.05) is 6.54 Å². The molecule has 1 aromatic rings. The molecule has 0 aliphatic rings. The molecule has 0 aromatic carbocycles. The monoisotopic (exact) mass is 259 g/mol. The van der Waals surface area contributed by atoms with Gasteiger partial charge in [-0.15, -0.1) is 0 Å². The molecule has 1 rings (SSSR count). The van der Waals surface area contributed by atoms with E-state index in [0.29, 0.717) is 0 Å². The number of nitrogens with one attached hydrogen (secondary N) is 1.